The van der Waals surface area contributed by atoms with E-state index < -0.39 is 30.0 Å². The smallest absolute Gasteiger partial charge is 0.295 e. The van der Waals surface area contributed by atoms with Gasteiger partial charge in [-0.05, 0) is 41.8 Å². The number of hydrogen-bond acceptors (Lipinski definition) is 8. The zero-order chi connectivity index (χ0) is 22.0. The molecule has 3 aromatic carbocycles. The van der Waals surface area contributed by atoms with Gasteiger partial charge in [-0.15, -0.1) is 0 Å². The van der Waals surface area contributed by atoms with Gasteiger partial charge in [0.25, 0.3) is 20.2 Å². The van der Waals surface area contributed by atoms with Gasteiger partial charge in [-0.3, -0.25) is 9.11 Å². The molecule has 0 radical (unpaired) electrons. The van der Waals surface area contributed by atoms with E-state index in [0.717, 1.165) is 6.07 Å². The molecule has 3 aromatic rings. The van der Waals surface area contributed by atoms with E-state index in [1.807, 2.05) is 0 Å². The van der Waals surface area contributed by atoms with Crippen molar-refractivity contribution in [2.24, 2.45) is 0 Å². The first kappa shape index (κ1) is 22.2. The summed E-state index contributed by atoms with van der Waals surface area (Å²) in [5, 5.41) is 0.270. The molecule has 0 bridgehead atoms. The van der Waals surface area contributed by atoms with Crippen LogP contribution in [0.1, 0.15) is 0 Å². The molecule has 0 fully saturated rings. The molecule has 12 heteroatoms. The second kappa shape index (κ2) is 8.13. The van der Waals surface area contributed by atoms with Gasteiger partial charge in [0.05, 0.1) is 17.7 Å². The molecule has 0 saturated carbocycles. The van der Waals surface area contributed by atoms with Crippen molar-refractivity contribution in [2.75, 3.05) is 24.3 Å². The molecular weight excluding hydrogens is 422 g/mol. The standard InChI is InChI=1S/C10H9NO6S2.C7H10N2O/c11-7-2-1-6-3-8(18(12,13)14)5-10(9(6)4-7)19(15,16)17;1-10-7-4-5(8)2-3-6(7)9/h1-5H,11H2,(H,12,13,14)(H,15,16,17);2-4H,8-9H2,1H3. The van der Waals surface area contributed by atoms with E-state index in [2.05, 4.69) is 0 Å². The number of nitrogens with two attached hydrogens (primary N) is 3. The van der Waals surface area contributed by atoms with Crippen LogP contribution in [0.25, 0.3) is 10.8 Å². The number of anilines is 3. The molecule has 10 nitrogen and oxygen atoms in total. The van der Waals surface area contributed by atoms with Crippen LogP contribution in [0.4, 0.5) is 17.1 Å². The van der Waals surface area contributed by atoms with Gasteiger partial charge >= 0.3 is 0 Å². The van der Waals surface area contributed by atoms with Crippen molar-refractivity contribution in [2.45, 2.75) is 9.79 Å². The summed E-state index contributed by atoms with van der Waals surface area (Å²) in [7, 11) is -7.69. The zero-order valence-electron chi connectivity index (χ0n) is 15.1. The maximum absolute atomic E-state index is 11.3. The molecule has 29 heavy (non-hydrogen) atoms. The van der Waals surface area contributed by atoms with E-state index in [9.17, 15) is 16.8 Å². The molecule has 0 heterocycles. The predicted octanol–water partition coefficient (Wildman–Crippen LogP) is 1.78. The van der Waals surface area contributed by atoms with E-state index in [0.29, 0.717) is 23.2 Å². The molecular formula is C17H19N3O7S2. The predicted molar refractivity (Wildman–Crippen MR) is 110 cm³/mol. The Morgan fingerprint density at radius 3 is 1.90 bits per heavy atom. The Balaban J connectivity index is 0.000000253. The highest BCUT2D eigenvalue weighted by atomic mass is 32.2. The number of hydrogen-bond donors (Lipinski definition) is 5. The fraction of sp³-hybridized carbons (Fsp3) is 0.0588. The zero-order valence-corrected chi connectivity index (χ0v) is 16.7. The van der Waals surface area contributed by atoms with Crippen molar-refractivity contribution in [3.63, 3.8) is 0 Å². The topological polar surface area (TPSA) is 196 Å². The number of ether oxygens (including phenoxy) is 1. The lowest BCUT2D eigenvalue weighted by atomic mass is 10.1. The van der Waals surface area contributed by atoms with E-state index in [1.54, 1.807) is 25.3 Å². The minimum Gasteiger partial charge on any atom is -0.495 e. The summed E-state index contributed by atoms with van der Waals surface area (Å²) in [6.07, 6.45) is 0. The summed E-state index contributed by atoms with van der Waals surface area (Å²) in [4.78, 5) is -1.26. The van der Waals surface area contributed by atoms with E-state index >= 15 is 0 Å². The van der Waals surface area contributed by atoms with Gasteiger partial charge in [0.2, 0.25) is 0 Å². The van der Waals surface area contributed by atoms with Gasteiger partial charge in [-0.2, -0.15) is 16.8 Å². The maximum Gasteiger partial charge on any atom is 0.295 e. The Hall–Kier alpha value is -3.06. The third-order valence-electron chi connectivity index (χ3n) is 3.75. The lowest BCUT2D eigenvalue weighted by Gasteiger charge is -2.07. The highest BCUT2D eigenvalue weighted by Gasteiger charge is 2.20. The van der Waals surface area contributed by atoms with Crippen LogP contribution >= 0.6 is 0 Å². The lowest BCUT2D eigenvalue weighted by molar-refractivity contribution is 0.417. The molecule has 0 aliphatic carbocycles. The van der Waals surface area contributed by atoms with Crippen LogP contribution in [0.3, 0.4) is 0 Å². The van der Waals surface area contributed by atoms with Gasteiger partial charge in [0, 0.05) is 22.8 Å². The Labute approximate surface area is 167 Å². The quantitative estimate of drug-likeness (QED) is 0.295. The number of rotatable bonds is 3. The SMILES string of the molecule is COc1cc(N)ccc1N.Nc1ccc2cc(S(=O)(=O)O)cc(S(=O)(=O)O)c2c1. The summed E-state index contributed by atoms with van der Waals surface area (Å²) in [6.45, 7) is 0. The molecule has 0 aliphatic heterocycles. The molecule has 0 spiro atoms. The van der Waals surface area contributed by atoms with Crippen molar-refractivity contribution in [3.05, 3.63) is 48.5 Å². The monoisotopic (exact) mass is 441 g/mol. The Morgan fingerprint density at radius 1 is 0.793 bits per heavy atom. The molecule has 0 atom stereocenters. The van der Waals surface area contributed by atoms with Gasteiger partial charge < -0.3 is 21.9 Å². The van der Waals surface area contributed by atoms with Crippen molar-refractivity contribution >= 4 is 48.1 Å². The fourth-order valence-corrected chi connectivity index (χ4v) is 3.75. The first-order valence-corrected chi connectivity index (χ1v) is 10.7. The van der Waals surface area contributed by atoms with Crippen molar-refractivity contribution in [1.82, 2.24) is 0 Å². The number of fused-ring (bicyclic) bond motifs is 1. The average molecular weight is 441 g/mol. The van der Waals surface area contributed by atoms with Crippen molar-refractivity contribution < 1.29 is 30.7 Å². The Kier molecular flexibility index (Phi) is 6.23. The van der Waals surface area contributed by atoms with Gasteiger partial charge in [0.15, 0.2) is 0 Å². The summed E-state index contributed by atoms with van der Waals surface area (Å²) in [5.74, 6) is 0.625. The van der Waals surface area contributed by atoms with Crippen LogP contribution in [0.5, 0.6) is 5.75 Å². The molecule has 0 aromatic heterocycles. The van der Waals surface area contributed by atoms with Crippen LogP contribution in [0.15, 0.2) is 58.3 Å². The van der Waals surface area contributed by atoms with Gasteiger partial charge in [-0.25, -0.2) is 0 Å². The maximum atomic E-state index is 11.3. The van der Waals surface area contributed by atoms with E-state index in [1.165, 1.54) is 18.2 Å². The van der Waals surface area contributed by atoms with Crippen molar-refractivity contribution in [3.8, 4) is 5.75 Å². The highest BCUT2D eigenvalue weighted by molar-refractivity contribution is 7.86. The third kappa shape index (κ3) is 5.48. The summed E-state index contributed by atoms with van der Waals surface area (Å²) in [5.41, 5.74) is 18.0. The largest absolute Gasteiger partial charge is 0.495 e. The fourth-order valence-electron chi connectivity index (χ4n) is 2.41. The van der Waals surface area contributed by atoms with Crippen LogP contribution in [0, 0.1) is 0 Å². The third-order valence-corrected chi connectivity index (χ3v) is 5.47. The first-order valence-electron chi connectivity index (χ1n) is 7.80. The second-order valence-corrected chi connectivity index (χ2v) is 8.66. The Morgan fingerprint density at radius 2 is 1.38 bits per heavy atom. The molecule has 3 rings (SSSR count). The molecule has 0 unspecified atom stereocenters. The molecule has 156 valence electrons. The van der Waals surface area contributed by atoms with Crippen LogP contribution in [-0.2, 0) is 20.2 Å². The van der Waals surface area contributed by atoms with Crippen LogP contribution < -0.4 is 21.9 Å². The number of methoxy groups -OCH3 is 1. The average Bonchev–Trinajstić information content (AvgIpc) is 2.61. The van der Waals surface area contributed by atoms with E-state index in [4.69, 9.17) is 31.0 Å². The van der Waals surface area contributed by atoms with Crippen molar-refractivity contribution in [1.29, 1.82) is 0 Å². The van der Waals surface area contributed by atoms with Gasteiger partial charge in [0.1, 0.15) is 10.6 Å². The number of nitrogen functional groups attached to an aromatic ring is 3. The lowest BCUT2D eigenvalue weighted by Crippen LogP contribution is -2.04. The molecule has 0 aliphatic rings. The minimum atomic E-state index is -4.66. The normalized spacial score (nSPS) is 11.6. The summed E-state index contributed by atoms with van der Waals surface area (Å²) >= 11 is 0. The van der Waals surface area contributed by atoms with Gasteiger partial charge in [-0.1, -0.05) is 6.07 Å². The van der Waals surface area contributed by atoms with Crippen LogP contribution in [-0.4, -0.2) is 33.1 Å². The summed E-state index contributed by atoms with van der Waals surface area (Å²) in [6, 6.07) is 11.0. The van der Waals surface area contributed by atoms with E-state index in [-0.39, 0.29) is 16.5 Å². The highest BCUT2D eigenvalue weighted by Crippen LogP contribution is 2.28. The van der Waals surface area contributed by atoms with Crippen LogP contribution in [0.2, 0.25) is 0 Å². The second-order valence-electron chi connectivity index (χ2n) is 5.85. The molecule has 8 N–H and O–H groups in total. The summed E-state index contributed by atoms with van der Waals surface area (Å²) < 4.78 is 67.7. The molecule has 0 saturated heterocycles. The molecule has 0 amide bonds. The number of benzene rings is 3. The first-order chi connectivity index (χ1) is 13.3. The minimum absolute atomic E-state index is 0.0647. The Bertz CT molecular complexity index is 1270.